The molecule has 1 atom stereocenters. The summed E-state index contributed by atoms with van der Waals surface area (Å²) in [6.45, 7) is 2.65. The Hall–Kier alpha value is -1.43. The summed E-state index contributed by atoms with van der Waals surface area (Å²) in [4.78, 5) is 4.45. The molecule has 1 aromatic carbocycles. The number of ether oxygens (including phenoxy) is 1. The van der Waals surface area contributed by atoms with E-state index < -0.39 is 0 Å². The number of thiazole rings is 1. The predicted molar refractivity (Wildman–Crippen MR) is 78.2 cm³/mol. The monoisotopic (exact) mass is 277 g/mol. The molecule has 4 nitrogen and oxygen atoms in total. The van der Waals surface area contributed by atoms with Gasteiger partial charge in [-0.1, -0.05) is 18.2 Å². The molecule has 102 valence electrons. The van der Waals surface area contributed by atoms with Crippen molar-refractivity contribution < 1.29 is 4.74 Å². The Balaban J connectivity index is 1.76. The molecule has 2 rings (SSSR count). The molecule has 0 saturated carbocycles. The van der Waals surface area contributed by atoms with E-state index >= 15 is 0 Å². The maximum Gasteiger partial charge on any atom is 0.119 e. The van der Waals surface area contributed by atoms with Crippen molar-refractivity contribution in [1.82, 2.24) is 10.4 Å². The van der Waals surface area contributed by atoms with E-state index in [1.165, 1.54) is 0 Å². The van der Waals surface area contributed by atoms with Gasteiger partial charge in [-0.3, -0.25) is 11.3 Å². The molecule has 0 amide bonds. The number of hydrogen-bond donors (Lipinski definition) is 2. The SMILES string of the molecule is Cc1csc(CC(CCOc2ccccc2)NN)n1. The highest BCUT2D eigenvalue weighted by Gasteiger charge is 2.10. The van der Waals surface area contributed by atoms with Crippen LogP contribution in [-0.4, -0.2) is 17.6 Å². The van der Waals surface area contributed by atoms with E-state index in [1.807, 2.05) is 37.3 Å². The van der Waals surface area contributed by atoms with Crippen LogP contribution in [0.4, 0.5) is 0 Å². The van der Waals surface area contributed by atoms with Gasteiger partial charge in [0.15, 0.2) is 0 Å². The lowest BCUT2D eigenvalue weighted by atomic mass is 10.1. The second-order valence-electron chi connectivity index (χ2n) is 4.40. The molecule has 3 N–H and O–H groups in total. The van der Waals surface area contributed by atoms with Crippen LogP contribution in [0.3, 0.4) is 0 Å². The normalized spacial score (nSPS) is 12.3. The Bertz CT molecular complexity index is 486. The fourth-order valence-electron chi connectivity index (χ4n) is 1.79. The zero-order valence-corrected chi connectivity index (χ0v) is 11.8. The van der Waals surface area contributed by atoms with Gasteiger partial charge in [-0.2, -0.15) is 0 Å². The van der Waals surface area contributed by atoms with Crippen LogP contribution in [0.1, 0.15) is 17.1 Å². The van der Waals surface area contributed by atoms with Crippen molar-refractivity contribution in [2.45, 2.75) is 25.8 Å². The second kappa shape index (κ2) is 7.23. The van der Waals surface area contributed by atoms with Crippen LogP contribution < -0.4 is 16.0 Å². The Labute approximate surface area is 117 Å². The lowest BCUT2D eigenvalue weighted by molar-refractivity contribution is 0.285. The molecule has 5 heteroatoms. The number of nitrogens with two attached hydrogens (primary N) is 1. The summed E-state index contributed by atoms with van der Waals surface area (Å²) in [5.41, 5.74) is 3.90. The van der Waals surface area contributed by atoms with Crippen molar-refractivity contribution in [3.05, 3.63) is 46.4 Å². The number of nitrogens with zero attached hydrogens (tertiary/aromatic N) is 1. The first-order chi connectivity index (χ1) is 9.28. The number of aryl methyl sites for hydroxylation is 1. The Morgan fingerprint density at radius 3 is 2.79 bits per heavy atom. The van der Waals surface area contributed by atoms with Gasteiger partial charge in [-0.15, -0.1) is 11.3 Å². The zero-order valence-electron chi connectivity index (χ0n) is 11.0. The Morgan fingerprint density at radius 2 is 2.16 bits per heavy atom. The smallest absolute Gasteiger partial charge is 0.119 e. The van der Waals surface area contributed by atoms with E-state index in [-0.39, 0.29) is 6.04 Å². The van der Waals surface area contributed by atoms with E-state index in [0.29, 0.717) is 6.61 Å². The van der Waals surface area contributed by atoms with Crippen LogP contribution in [-0.2, 0) is 6.42 Å². The van der Waals surface area contributed by atoms with Gasteiger partial charge < -0.3 is 4.74 Å². The second-order valence-corrected chi connectivity index (χ2v) is 5.34. The molecule has 0 saturated heterocycles. The largest absolute Gasteiger partial charge is 0.494 e. The van der Waals surface area contributed by atoms with Gasteiger partial charge in [-0.05, 0) is 25.5 Å². The fraction of sp³-hybridized carbons (Fsp3) is 0.357. The minimum absolute atomic E-state index is 0.189. The molecule has 0 fully saturated rings. The van der Waals surface area contributed by atoms with Crippen molar-refractivity contribution in [3.63, 3.8) is 0 Å². The third-order valence-corrected chi connectivity index (χ3v) is 3.79. The third-order valence-electron chi connectivity index (χ3n) is 2.80. The molecule has 19 heavy (non-hydrogen) atoms. The van der Waals surface area contributed by atoms with E-state index in [9.17, 15) is 0 Å². The van der Waals surface area contributed by atoms with Crippen LogP contribution in [0.2, 0.25) is 0 Å². The quantitative estimate of drug-likeness (QED) is 0.602. The first-order valence-corrected chi connectivity index (χ1v) is 7.21. The van der Waals surface area contributed by atoms with E-state index in [0.717, 1.165) is 29.3 Å². The molecule has 0 aliphatic carbocycles. The molecule has 0 radical (unpaired) electrons. The minimum atomic E-state index is 0.189. The maximum absolute atomic E-state index is 5.67. The van der Waals surface area contributed by atoms with Gasteiger partial charge in [0, 0.05) is 23.5 Å². The standard InChI is InChI=1S/C14H19N3OS/c1-11-10-19-14(16-11)9-12(17-15)7-8-18-13-5-3-2-4-6-13/h2-6,10,12,17H,7-9,15H2,1H3. The van der Waals surface area contributed by atoms with Crippen molar-refractivity contribution in [2.24, 2.45) is 5.84 Å². The molecule has 2 aromatic rings. The summed E-state index contributed by atoms with van der Waals surface area (Å²) in [7, 11) is 0. The van der Waals surface area contributed by atoms with Crippen LogP contribution in [0.5, 0.6) is 5.75 Å². The Morgan fingerprint density at radius 1 is 1.37 bits per heavy atom. The summed E-state index contributed by atoms with van der Waals surface area (Å²) in [6, 6.07) is 10.00. The van der Waals surface area contributed by atoms with Crippen LogP contribution >= 0.6 is 11.3 Å². The molecular weight excluding hydrogens is 258 g/mol. The molecule has 1 unspecified atom stereocenters. The fourth-order valence-corrected chi connectivity index (χ4v) is 2.64. The first kappa shape index (κ1) is 14.0. The van der Waals surface area contributed by atoms with Crippen molar-refractivity contribution in [2.75, 3.05) is 6.61 Å². The molecule has 1 aromatic heterocycles. The number of nitrogens with one attached hydrogen (secondary N) is 1. The van der Waals surface area contributed by atoms with Crippen molar-refractivity contribution in [3.8, 4) is 5.75 Å². The molecule has 0 spiro atoms. The van der Waals surface area contributed by atoms with Gasteiger partial charge in [-0.25, -0.2) is 4.98 Å². The predicted octanol–water partition coefficient (Wildman–Crippen LogP) is 2.30. The summed E-state index contributed by atoms with van der Waals surface area (Å²) in [6.07, 6.45) is 1.69. The number of para-hydroxylation sites is 1. The lowest BCUT2D eigenvalue weighted by Crippen LogP contribution is -2.37. The van der Waals surface area contributed by atoms with E-state index in [2.05, 4.69) is 15.8 Å². The zero-order chi connectivity index (χ0) is 13.5. The highest BCUT2D eigenvalue weighted by Crippen LogP contribution is 2.13. The maximum atomic E-state index is 5.67. The van der Waals surface area contributed by atoms with Crippen molar-refractivity contribution in [1.29, 1.82) is 0 Å². The summed E-state index contributed by atoms with van der Waals surface area (Å²) in [5, 5.41) is 3.17. The highest BCUT2D eigenvalue weighted by atomic mass is 32.1. The van der Waals surface area contributed by atoms with Crippen LogP contribution in [0, 0.1) is 6.92 Å². The number of aromatic nitrogens is 1. The molecular formula is C14H19N3OS. The number of rotatable bonds is 7. The number of benzene rings is 1. The topological polar surface area (TPSA) is 60.2 Å². The minimum Gasteiger partial charge on any atom is -0.494 e. The molecule has 1 heterocycles. The summed E-state index contributed by atoms with van der Waals surface area (Å²) < 4.78 is 5.67. The van der Waals surface area contributed by atoms with Crippen LogP contribution in [0.25, 0.3) is 0 Å². The molecule has 0 aliphatic rings. The number of hydrogen-bond acceptors (Lipinski definition) is 5. The van der Waals surface area contributed by atoms with Gasteiger partial charge in [0.25, 0.3) is 0 Å². The van der Waals surface area contributed by atoms with Gasteiger partial charge in [0.1, 0.15) is 5.75 Å². The first-order valence-electron chi connectivity index (χ1n) is 6.33. The van der Waals surface area contributed by atoms with Gasteiger partial charge >= 0.3 is 0 Å². The average molecular weight is 277 g/mol. The van der Waals surface area contributed by atoms with Gasteiger partial charge in [0.2, 0.25) is 0 Å². The average Bonchev–Trinajstić information content (AvgIpc) is 2.84. The highest BCUT2D eigenvalue weighted by molar-refractivity contribution is 7.09. The Kier molecular flexibility index (Phi) is 5.32. The summed E-state index contributed by atoms with van der Waals surface area (Å²) >= 11 is 1.68. The van der Waals surface area contributed by atoms with E-state index in [1.54, 1.807) is 11.3 Å². The number of hydrazine groups is 1. The molecule has 0 aliphatic heterocycles. The van der Waals surface area contributed by atoms with E-state index in [4.69, 9.17) is 10.6 Å². The third kappa shape index (κ3) is 4.63. The summed E-state index contributed by atoms with van der Waals surface area (Å²) in [5.74, 6) is 6.47. The van der Waals surface area contributed by atoms with Crippen molar-refractivity contribution >= 4 is 11.3 Å². The van der Waals surface area contributed by atoms with Gasteiger partial charge in [0.05, 0.1) is 11.6 Å². The van der Waals surface area contributed by atoms with Crippen LogP contribution in [0.15, 0.2) is 35.7 Å². The lowest BCUT2D eigenvalue weighted by Gasteiger charge is -2.14. The molecule has 0 bridgehead atoms.